The Morgan fingerprint density at radius 2 is 0.846 bits per heavy atom. The summed E-state index contributed by atoms with van der Waals surface area (Å²) in [6.07, 6.45) is 4.11. The first kappa shape index (κ1) is 50.2. The second-order valence-electron chi connectivity index (χ2n) is 11.2. The first-order valence-corrected chi connectivity index (χ1v) is 16.4. The largest absolute Gasteiger partial charge is 0.706 e. The van der Waals surface area contributed by atoms with Gasteiger partial charge in [-0.25, -0.2) is 0 Å². The summed E-state index contributed by atoms with van der Waals surface area (Å²) in [5.74, 6) is 1.02. The second kappa shape index (κ2) is 29.6. The fourth-order valence-electron chi connectivity index (χ4n) is 3.94. The monoisotopic (exact) mass is 871 g/mol. The number of benzene rings is 6. The average molecular weight is 873 g/mol. The van der Waals surface area contributed by atoms with Crippen molar-refractivity contribution in [1.82, 2.24) is 0 Å². The summed E-state index contributed by atoms with van der Waals surface area (Å²) in [4.78, 5) is 0. The van der Waals surface area contributed by atoms with Crippen molar-refractivity contribution in [3.05, 3.63) is 202 Å². The van der Waals surface area contributed by atoms with E-state index in [0.717, 1.165) is 33.5 Å². The maximum atomic E-state index is 7.69. The van der Waals surface area contributed by atoms with Gasteiger partial charge in [0.15, 0.2) is 0 Å². The number of nitrogen functional groups attached to an aromatic ring is 1. The number of nitrogens with two attached hydrogens (primary N) is 1. The molecule has 0 saturated heterocycles. The van der Waals surface area contributed by atoms with Crippen LogP contribution in [0.4, 0.5) is 17.1 Å². The smallest absolute Gasteiger partial charge is 0.0393 e. The SMILES string of the molecule is C.Nc1ccccc1-c1ccccc1.[CH2-]C(C)[CH-]C.[CH2-]C(C)[CH-]C.[NH-]c1ccccc1-c1[c-]cccc1.[NH-]c1ccccc1-c1[c-]cccc1.[Pd].[Pd]. The molecule has 5 heteroatoms. The molecule has 3 nitrogen and oxygen atoms in total. The minimum Gasteiger partial charge on any atom is -0.706 e. The summed E-state index contributed by atoms with van der Waals surface area (Å²) in [7, 11) is 0. The first-order chi connectivity index (χ1) is 23.7. The molecule has 0 radical (unpaired) electrons. The Hall–Kier alpha value is -3.96. The summed E-state index contributed by atoms with van der Waals surface area (Å²) in [5, 5.41) is 0. The van der Waals surface area contributed by atoms with Gasteiger partial charge in [-0.3, -0.25) is 0 Å². The Morgan fingerprint density at radius 1 is 0.519 bits per heavy atom. The molecule has 284 valence electrons. The van der Waals surface area contributed by atoms with E-state index in [0.29, 0.717) is 23.2 Å². The van der Waals surface area contributed by atoms with E-state index in [2.05, 4.69) is 64.8 Å². The fraction of sp³-hybridized carbons (Fsp3) is 0.149. The summed E-state index contributed by atoms with van der Waals surface area (Å²) in [5.41, 5.74) is 29.2. The van der Waals surface area contributed by atoms with Crippen LogP contribution in [0.3, 0.4) is 0 Å². The fourth-order valence-corrected chi connectivity index (χ4v) is 3.94. The van der Waals surface area contributed by atoms with E-state index in [1.165, 1.54) is 5.56 Å². The minimum atomic E-state index is 0. The zero-order valence-electron chi connectivity index (χ0n) is 29.9. The minimum absolute atomic E-state index is 0. The molecule has 6 aromatic carbocycles. The van der Waals surface area contributed by atoms with Crippen molar-refractivity contribution in [2.45, 2.75) is 35.1 Å². The van der Waals surface area contributed by atoms with Gasteiger partial charge in [0, 0.05) is 52.1 Å². The first-order valence-electron chi connectivity index (χ1n) is 16.4. The van der Waals surface area contributed by atoms with Crippen molar-refractivity contribution < 1.29 is 40.8 Å². The summed E-state index contributed by atoms with van der Waals surface area (Å²) < 4.78 is 0. The van der Waals surface area contributed by atoms with Crippen LogP contribution in [0.2, 0.25) is 0 Å². The zero-order valence-corrected chi connectivity index (χ0v) is 33.0. The van der Waals surface area contributed by atoms with Gasteiger partial charge in [0.25, 0.3) is 0 Å². The predicted octanol–water partition coefficient (Wildman–Crippen LogP) is 14.6. The second-order valence-corrected chi connectivity index (χ2v) is 11.2. The molecule has 6 rings (SSSR count). The van der Waals surface area contributed by atoms with Gasteiger partial charge in [-0.15, -0.1) is 96.8 Å². The third kappa shape index (κ3) is 19.6. The predicted molar refractivity (Wildman–Crippen MR) is 221 cm³/mol. The van der Waals surface area contributed by atoms with E-state index in [-0.39, 0.29) is 48.3 Å². The van der Waals surface area contributed by atoms with E-state index < -0.39 is 0 Å². The molecule has 0 saturated carbocycles. The molecule has 2 atom stereocenters. The van der Waals surface area contributed by atoms with E-state index >= 15 is 0 Å². The Bertz CT molecular complexity index is 1510. The number of rotatable bonds is 5. The molecule has 2 unspecified atom stereocenters. The average Bonchev–Trinajstić information content (AvgIpc) is 3.14. The van der Waals surface area contributed by atoms with Crippen molar-refractivity contribution in [3.63, 3.8) is 0 Å². The van der Waals surface area contributed by atoms with Crippen molar-refractivity contribution in [2.75, 3.05) is 5.73 Å². The molecule has 0 fully saturated rings. The van der Waals surface area contributed by atoms with Crippen LogP contribution in [0.25, 0.3) is 44.8 Å². The topological polar surface area (TPSA) is 73.6 Å². The molecular formula is C47H53N3Pd2-8. The summed E-state index contributed by atoms with van der Waals surface area (Å²) in [6.45, 7) is 15.5. The maximum Gasteiger partial charge on any atom is 0.0393 e. The molecular weight excluding hydrogens is 819 g/mol. The molecule has 0 aliphatic heterocycles. The van der Waals surface area contributed by atoms with Crippen LogP contribution < -0.4 is 5.73 Å². The Morgan fingerprint density at radius 3 is 1.17 bits per heavy atom. The van der Waals surface area contributed by atoms with Gasteiger partial charge < -0.3 is 55.7 Å². The van der Waals surface area contributed by atoms with Crippen LogP contribution in [0.1, 0.15) is 35.1 Å². The van der Waals surface area contributed by atoms with Gasteiger partial charge in [0.2, 0.25) is 0 Å². The van der Waals surface area contributed by atoms with Gasteiger partial charge >= 0.3 is 0 Å². The molecule has 0 aliphatic carbocycles. The van der Waals surface area contributed by atoms with Gasteiger partial charge in [-0.1, -0.05) is 104 Å². The molecule has 0 spiro atoms. The van der Waals surface area contributed by atoms with Crippen molar-refractivity contribution in [1.29, 1.82) is 0 Å². The van der Waals surface area contributed by atoms with E-state index in [4.69, 9.17) is 17.2 Å². The van der Waals surface area contributed by atoms with Crippen molar-refractivity contribution in [2.24, 2.45) is 11.8 Å². The molecule has 0 aliphatic rings. The van der Waals surface area contributed by atoms with Gasteiger partial charge in [-0.05, 0) is 11.6 Å². The Balaban J connectivity index is 0. The van der Waals surface area contributed by atoms with Crippen molar-refractivity contribution in [3.8, 4) is 33.4 Å². The molecule has 0 aromatic heterocycles. The van der Waals surface area contributed by atoms with Gasteiger partial charge in [0.1, 0.15) is 0 Å². The van der Waals surface area contributed by atoms with E-state index in [1.807, 2.05) is 141 Å². The maximum absolute atomic E-state index is 7.69. The summed E-state index contributed by atoms with van der Waals surface area (Å²) >= 11 is 0. The number of hydrogen-bond donors (Lipinski definition) is 1. The van der Waals surface area contributed by atoms with Crippen LogP contribution in [-0.2, 0) is 40.8 Å². The van der Waals surface area contributed by atoms with Crippen LogP contribution in [0.5, 0.6) is 0 Å². The van der Waals surface area contributed by atoms with Gasteiger partial charge in [0.05, 0.1) is 0 Å². The molecule has 0 bridgehead atoms. The zero-order chi connectivity index (χ0) is 35.9. The summed E-state index contributed by atoms with van der Waals surface area (Å²) in [6, 6.07) is 54.8. The van der Waals surface area contributed by atoms with E-state index in [9.17, 15) is 0 Å². The molecule has 6 aromatic rings. The number of para-hydroxylation sites is 1. The third-order valence-electron chi connectivity index (χ3n) is 7.04. The van der Waals surface area contributed by atoms with Crippen LogP contribution >= 0.6 is 0 Å². The van der Waals surface area contributed by atoms with E-state index in [1.54, 1.807) is 12.1 Å². The molecule has 0 heterocycles. The van der Waals surface area contributed by atoms with Crippen LogP contribution in [-0.4, -0.2) is 0 Å². The van der Waals surface area contributed by atoms with Crippen LogP contribution in [0, 0.1) is 50.7 Å². The normalized spacial score (nSPS) is 10.3. The molecule has 52 heavy (non-hydrogen) atoms. The molecule has 4 N–H and O–H groups in total. The van der Waals surface area contributed by atoms with Crippen molar-refractivity contribution >= 4 is 17.1 Å². The number of nitrogens with one attached hydrogen (secondary N) is 2. The van der Waals surface area contributed by atoms with Gasteiger partial charge in [-0.2, -0.15) is 25.2 Å². The Kier molecular flexibility index (Phi) is 28.6. The quantitative estimate of drug-likeness (QED) is 0.105. The number of hydrogen-bond acceptors (Lipinski definition) is 1. The third-order valence-corrected chi connectivity index (χ3v) is 7.04. The number of anilines is 1. The van der Waals surface area contributed by atoms with Crippen LogP contribution in [0.15, 0.2) is 152 Å². The molecule has 0 amide bonds. The standard InChI is InChI=1S/C12H11N.2C12H9N.2C5H10.CH4.2Pd/c3*13-12-9-5-4-8-11(12)10-6-2-1-3-7-10;2*1-4-5(2)3;;;/h1-9H,13H2;2*1-6,8-9,13H;2*4-5H,2H2,1,3H3;1H4;;/q;4*-2;;;. The Labute approximate surface area is 343 Å².